The lowest BCUT2D eigenvalue weighted by molar-refractivity contribution is 0.0457. The van der Waals surface area contributed by atoms with Gasteiger partial charge >= 0.3 is 0 Å². The molecule has 0 heterocycles. The second kappa shape index (κ2) is 10.7. The fourth-order valence-corrected chi connectivity index (χ4v) is 3.67. The zero-order valence-corrected chi connectivity index (χ0v) is 14.4. The highest BCUT2D eigenvalue weighted by atomic mass is 15.2. The topological polar surface area (TPSA) is 15.3 Å². The molecule has 0 aromatic heterocycles. The summed E-state index contributed by atoms with van der Waals surface area (Å²) in [5.74, 6) is 0. The lowest BCUT2D eigenvalue weighted by Gasteiger charge is -2.48. The van der Waals surface area contributed by atoms with Crippen LogP contribution in [0.4, 0.5) is 0 Å². The van der Waals surface area contributed by atoms with Crippen molar-refractivity contribution in [1.82, 2.24) is 10.2 Å². The van der Waals surface area contributed by atoms with Gasteiger partial charge in [-0.3, -0.25) is 4.90 Å². The number of nitrogens with one attached hydrogen (secondary N) is 1. The zero-order chi connectivity index (χ0) is 14.7. The molecule has 0 aliphatic carbocycles. The Morgan fingerprint density at radius 3 is 1.84 bits per heavy atom. The predicted molar refractivity (Wildman–Crippen MR) is 87.8 cm³/mol. The van der Waals surface area contributed by atoms with E-state index in [0.29, 0.717) is 11.6 Å². The molecule has 1 N–H and O–H groups in total. The molecule has 2 nitrogen and oxygen atoms in total. The van der Waals surface area contributed by atoms with Crippen LogP contribution in [0.1, 0.15) is 80.1 Å². The van der Waals surface area contributed by atoms with Gasteiger partial charge < -0.3 is 5.32 Å². The van der Waals surface area contributed by atoms with Gasteiger partial charge in [0.15, 0.2) is 0 Å². The minimum atomic E-state index is 0.341. The molecule has 0 saturated heterocycles. The Labute approximate surface area is 122 Å². The van der Waals surface area contributed by atoms with E-state index in [1.165, 1.54) is 38.5 Å². The summed E-state index contributed by atoms with van der Waals surface area (Å²) in [5, 5.41) is 3.79. The molecule has 0 saturated carbocycles. The zero-order valence-electron chi connectivity index (χ0n) is 14.4. The van der Waals surface area contributed by atoms with Gasteiger partial charge in [0, 0.05) is 11.6 Å². The van der Waals surface area contributed by atoms with Crippen LogP contribution < -0.4 is 5.32 Å². The molecule has 2 heteroatoms. The SMILES string of the molecule is CCCCCC(NCC)C(CC)(CC)N(CC)CC. The average molecular weight is 271 g/mol. The first-order valence-corrected chi connectivity index (χ1v) is 8.64. The minimum absolute atomic E-state index is 0.341. The van der Waals surface area contributed by atoms with Crippen LogP contribution in [-0.2, 0) is 0 Å². The smallest absolute Gasteiger partial charge is 0.0357 e. The van der Waals surface area contributed by atoms with Crippen LogP contribution in [0.15, 0.2) is 0 Å². The van der Waals surface area contributed by atoms with Crippen molar-refractivity contribution >= 4 is 0 Å². The molecule has 0 bridgehead atoms. The van der Waals surface area contributed by atoms with Gasteiger partial charge in [-0.1, -0.05) is 60.8 Å². The number of hydrogen-bond donors (Lipinski definition) is 1. The van der Waals surface area contributed by atoms with E-state index in [4.69, 9.17) is 0 Å². The molecule has 19 heavy (non-hydrogen) atoms. The molecule has 0 aromatic carbocycles. The number of unbranched alkanes of at least 4 members (excludes halogenated alkanes) is 2. The largest absolute Gasteiger partial charge is 0.312 e. The highest BCUT2D eigenvalue weighted by molar-refractivity contribution is 4.98. The van der Waals surface area contributed by atoms with Gasteiger partial charge in [-0.2, -0.15) is 0 Å². The predicted octanol–water partition coefficient (Wildman–Crippen LogP) is 4.45. The average Bonchev–Trinajstić information content (AvgIpc) is 2.44. The van der Waals surface area contributed by atoms with E-state index in [0.717, 1.165) is 19.6 Å². The molecule has 0 radical (unpaired) electrons. The van der Waals surface area contributed by atoms with E-state index >= 15 is 0 Å². The molecular weight excluding hydrogens is 232 g/mol. The summed E-state index contributed by atoms with van der Waals surface area (Å²) >= 11 is 0. The molecule has 1 atom stereocenters. The third-order valence-corrected chi connectivity index (χ3v) is 4.81. The molecule has 0 aliphatic rings. The van der Waals surface area contributed by atoms with Crippen molar-refractivity contribution in [1.29, 1.82) is 0 Å². The van der Waals surface area contributed by atoms with Crippen molar-refractivity contribution in [2.45, 2.75) is 91.6 Å². The van der Waals surface area contributed by atoms with Gasteiger partial charge in [-0.15, -0.1) is 0 Å². The standard InChI is InChI=1S/C17H38N2/c1-7-13-14-15-16(18-10-4)17(8-2,9-3)19(11-5)12-6/h16,18H,7-15H2,1-6H3. The molecular formula is C17H38N2. The molecule has 1 unspecified atom stereocenters. The monoisotopic (exact) mass is 270 g/mol. The van der Waals surface area contributed by atoms with Crippen molar-refractivity contribution in [3.8, 4) is 0 Å². The van der Waals surface area contributed by atoms with Crippen molar-refractivity contribution in [2.24, 2.45) is 0 Å². The molecule has 0 amide bonds. The highest BCUT2D eigenvalue weighted by Crippen LogP contribution is 2.30. The van der Waals surface area contributed by atoms with Crippen LogP contribution in [0.3, 0.4) is 0 Å². The second-order valence-electron chi connectivity index (χ2n) is 5.59. The van der Waals surface area contributed by atoms with Crippen molar-refractivity contribution < 1.29 is 0 Å². The Balaban J connectivity index is 5.00. The molecule has 0 spiro atoms. The number of nitrogens with zero attached hydrogens (tertiary/aromatic N) is 1. The Bertz CT molecular complexity index is 195. The van der Waals surface area contributed by atoms with Crippen molar-refractivity contribution in [3.63, 3.8) is 0 Å². The van der Waals surface area contributed by atoms with Crippen molar-refractivity contribution in [2.75, 3.05) is 19.6 Å². The van der Waals surface area contributed by atoms with Gasteiger partial charge in [0.25, 0.3) is 0 Å². The normalized spacial score (nSPS) is 14.1. The summed E-state index contributed by atoms with van der Waals surface area (Å²) in [4.78, 5) is 2.69. The summed E-state index contributed by atoms with van der Waals surface area (Å²) in [6.45, 7) is 17.3. The molecule has 0 rings (SSSR count). The Morgan fingerprint density at radius 2 is 1.47 bits per heavy atom. The summed E-state index contributed by atoms with van der Waals surface area (Å²) in [6, 6.07) is 0.638. The highest BCUT2D eigenvalue weighted by Gasteiger charge is 2.38. The number of rotatable bonds is 12. The van der Waals surface area contributed by atoms with Crippen LogP contribution in [0, 0.1) is 0 Å². The van der Waals surface area contributed by atoms with Gasteiger partial charge in [0.05, 0.1) is 0 Å². The summed E-state index contributed by atoms with van der Waals surface area (Å²) in [7, 11) is 0. The summed E-state index contributed by atoms with van der Waals surface area (Å²) in [5.41, 5.74) is 0.341. The van der Waals surface area contributed by atoms with Gasteiger partial charge in [0.2, 0.25) is 0 Å². The lowest BCUT2D eigenvalue weighted by atomic mass is 9.80. The maximum atomic E-state index is 3.79. The Morgan fingerprint density at radius 1 is 0.895 bits per heavy atom. The van der Waals surface area contributed by atoms with E-state index < -0.39 is 0 Å². The Kier molecular flexibility index (Phi) is 10.6. The Hall–Kier alpha value is -0.0800. The molecule has 116 valence electrons. The van der Waals surface area contributed by atoms with Crippen LogP contribution in [0.25, 0.3) is 0 Å². The van der Waals surface area contributed by atoms with Gasteiger partial charge in [0.1, 0.15) is 0 Å². The third kappa shape index (κ3) is 5.07. The summed E-state index contributed by atoms with van der Waals surface area (Å²) < 4.78 is 0. The maximum Gasteiger partial charge on any atom is 0.0357 e. The quantitative estimate of drug-likeness (QED) is 0.527. The lowest BCUT2D eigenvalue weighted by Crippen LogP contribution is -2.60. The summed E-state index contributed by atoms with van der Waals surface area (Å²) in [6.07, 6.45) is 7.85. The fraction of sp³-hybridized carbons (Fsp3) is 1.00. The van der Waals surface area contributed by atoms with E-state index in [1.807, 2.05) is 0 Å². The maximum absolute atomic E-state index is 3.79. The number of likely N-dealkylation sites (N-methyl/N-ethyl adjacent to an activating group) is 2. The van der Waals surface area contributed by atoms with Crippen LogP contribution in [0.5, 0.6) is 0 Å². The van der Waals surface area contributed by atoms with Crippen LogP contribution in [-0.4, -0.2) is 36.1 Å². The van der Waals surface area contributed by atoms with Crippen LogP contribution in [0.2, 0.25) is 0 Å². The third-order valence-electron chi connectivity index (χ3n) is 4.81. The molecule has 0 aromatic rings. The van der Waals surface area contributed by atoms with E-state index in [-0.39, 0.29) is 0 Å². The first-order chi connectivity index (χ1) is 9.16. The number of hydrogen-bond acceptors (Lipinski definition) is 2. The molecule has 0 aliphatic heterocycles. The van der Waals surface area contributed by atoms with Crippen LogP contribution >= 0.6 is 0 Å². The van der Waals surface area contributed by atoms with E-state index in [2.05, 4.69) is 51.8 Å². The van der Waals surface area contributed by atoms with Gasteiger partial charge in [-0.05, 0) is 38.9 Å². The second-order valence-corrected chi connectivity index (χ2v) is 5.59. The van der Waals surface area contributed by atoms with E-state index in [1.54, 1.807) is 0 Å². The molecule has 0 fully saturated rings. The van der Waals surface area contributed by atoms with Gasteiger partial charge in [-0.25, -0.2) is 0 Å². The van der Waals surface area contributed by atoms with E-state index in [9.17, 15) is 0 Å². The first-order valence-electron chi connectivity index (χ1n) is 8.64. The van der Waals surface area contributed by atoms with Crippen molar-refractivity contribution in [3.05, 3.63) is 0 Å². The minimum Gasteiger partial charge on any atom is -0.312 e. The first kappa shape index (κ1) is 18.9. The fourth-order valence-electron chi connectivity index (χ4n) is 3.67.